The molecule has 0 aliphatic carbocycles. The molecule has 3 rings (SSSR count). The van der Waals surface area contributed by atoms with Crippen LogP contribution < -0.4 is 20.4 Å². The summed E-state index contributed by atoms with van der Waals surface area (Å²) in [5, 5.41) is 3.10. The van der Waals surface area contributed by atoms with Gasteiger partial charge in [0.2, 0.25) is 0 Å². The normalized spacial score (nSPS) is 10.6. The van der Waals surface area contributed by atoms with Gasteiger partial charge in [-0.3, -0.25) is 4.79 Å². The molecule has 150 valence electrons. The second kappa shape index (κ2) is 8.60. The number of amides is 1. The Bertz CT molecular complexity index is 1110. The van der Waals surface area contributed by atoms with Gasteiger partial charge in [-0.1, -0.05) is 6.07 Å². The van der Waals surface area contributed by atoms with Gasteiger partial charge in [-0.25, -0.2) is 9.59 Å². The van der Waals surface area contributed by atoms with Crippen LogP contribution in [0.5, 0.6) is 11.5 Å². The van der Waals surface area contributed by atoms with Gasteiger partial charge in [0, 0.05) is 18.0 Å². The molecule has 7 heteroatoms. The molecule has 0 fully saturated rings. The van der Waals surface area contributed by atoms with E-state index < -0.39 is 17.5 Å². The molecule has 0 bridgehead atoms. The Hall–Kier alpha value is -3.61. The molecule has 2 aromatic carbocycles. The molecule has 0 atom stereocenters. The lowest BCUT2D eigenvalue weighted by Crippen LogP contribution is -2.27. The van der Waals surface area contributed by atoms with Gasteiger partial charge in [-0.2, -0.15) is 0 Å². The predicted molar refractivity (Wildman–Crippen MR) is 108 cm³/mol. The van der Waals surface area contributed by atoms with Crippen molar-refractivity contribution in [2.45, 2.75) is 20.8 Å². The number of hydrogen-bond donors (Lipinski definition) is 1. The highest BCUT2D eigenvalue weighted by molar-refractivity contribution is 5.96. The minimum absolute atomic E-state index is 0.0778. The van der Waals surface area contributed by atoms with E-state index in [0.717, 1.165) is 11.1 Å². The summed E-state index contributed by atoms with van der Waals surface area (Å²) in [6.45, 7) is 5.78. The maximum atomic E-state index is 12.1. The number of ether oxygens (including phenoxy) is 2. The summed E-state index contributed by atoms with van der Waals surface area (Å²) >= 11 is 0. The molecule has 0 saturated carbocycles. The number of benzene rings is 2. The molecule has 1 heterocycles. The summed E-state index contributed by atoms with van der Waals surface area (Å²) in [6.07, 6.45) is 0. The molecule has 7 nitrogen and oxygen atoms in total. The molecular weight excluding hydrogens is 374 g/mol. The third-order valence-electron chi connectivity index (χ3n) is 4.07. The molecule has 0 spiro atoms. The van der Waals surface area contributed by atoms with E-state index in [1.807, 2.05) is 32.0 Å². The minimum Gasteiger partial charge on any atom is -0.482 e. The van der Waals surface area contributed by atoms with E-state index in [-0.39, 0.29) is 23.5 Å². The van der Waals surface area contributed by atoms with E-state index in [1.54, 1.807) is 19.1 Å². The number of fused-ring (bicyclic) bond motifs is 1. The van der Waals surface area contributed by atoms with Crippen LogP contribution in [0.3, 0.4) is 0 Å². The van der Waals surface area contributed by atoms with Gasteiger partial charge in [0.1, 0.15) is 22.6 Å². The lowest BCUT2D eigenvalue weighted by Gasteiger charge is -2.09. The van der Waals surface area contributed by atoms with Gasteiger partial charge < -0.3 is 19.2 Å². The summed E-state index contributed by atoms with van der Waals surface area (Å²) in [4.78, 5) is 36.0. The van der Waals surface area contributed by atoms with E-state index in [0.29, 0.717) is 17.7 Å². The summed E-state index contributed by atoms with van der Waals surface area (Å²) < 4.78 is 15.9. The molecule has 1 amide bonds. The van der Waals surface area contributed by atoms with Crippen LogP contribution in [0.25, 0.3) is 11.0 Å². The first kappa shape index (κ1) is 20.1. The lowest BCUT2D eigenvalue weighted by atomic mass is 10.1. The fraction of sp³-hybridized carbons (Fsp3) is 0.227. The number of nitrogens with one attached hydrogen (secondary N) is 1. The molecule has 0 saturated heterocycles. The third kappa shape index (κ3) is 5.01. The van der Waals surface area contributed by atoms with Crippen LogP contribution in [0.4, 0.5) is 0 Å². The quantitative estimate of drug-likeness (QED) is 0.391. The number of aryl methyl sites for hydroxylation is 2. The third-order valence-corrected chi connectivity index (χ3v) is 4.07. The zero-order valence-corrected chi connectivity index (χ0v) is 16.4. The summed E-state index contributed by atoms with van der Waals surface area (Å²) in [7, 11) is 0. The van der Waals surface area contributed by atoms with Crippen molar-refractivity contribution in [1.82, 2.24) is 5.32 Å². The van der Waals surface area contributed by atoms with Crippen LogP contribution in [0, 0.1) is 13.8 Å². The standard InChI is InChI=1S/C22H21NO6/c1-4-23-21(25)18-10-15-5-6-16(11-19(15)29-22(18)26)28-20(24)12-27-17-8-13(2)7-14(3)9-17/h5-11H,4,12H2,1-3H3,(H,23,25). The Morgan fingerprint density at radius 2 is 1.72 bits per heavy atom. The average Bonchev–Trinajstić information content (AvgIpc) is 2.65. The highest BCUT2D eigenvalue weighted by Gasteiger charge is 2.14. The van der Waals surface area contributed by atoms with Gasteiger partial charge >= 0.3 is 11.6 Å². The molecule has 0 aliphatic rings. The molecular formula is C22H21NO6. The number of carbonyl (C=O) groups excluding carboxylic acids is 2. The topological polar surface area (TPSA) is 94.8 Å². The smallest absolute Gasteiger partial charge is 0.349 e. The number of esters is 1. The van der Waals surface area contributed by atoms with Gasteiger partial charge in [0.05, 0.1) is 0 Å². The molecule has 0 aliphatic heterocycles. The molecule has 0 radical (unpaired) electrons. The van der Waals surface area contributed by atoms with Gasteiger partial charge in [-0.05, 0) is 62.2 Å². The van der Waals surface area contributed by atoms with Crippen molar-refractivity contribution in [2.75, 3.05) is 13.2 Å². The fourth-order valence-corrected chi connectivity index (χ4v) is 2.89. The van der Waals surface area contributed by atoms with Crippen molar-refractivity contribution < 1.29 is 23.5 Å². The molecule has 1 N–H and O–H groups in total. The Morgan fingerprint density at radius 3 is 2.41 bits per heavy atom. The Balaban J connectivity index is 1.71. The summed E-state index contributed by atoms with van der Waals surface area (Å²) in [6, 6.07) is 11.7. The minimum atomic E-state index is -0.759. The van der Waals surface area contributed by atoms with E-state index in [2.05, 4.69) is 5.32 Å². The molecule has 0 unspecified atom stereocenters. The van der Waals surface area contributed by atoms with Crippen molar-refractivity contribution in [3.8, 4) is 11.5 Å². The maximum Gasteiger partial charge on any atom is 0.349 e. The van der Waals surface area contributed by atoms with E-state index >= 15 is 0 Å². The van der Waals surface area contributed by atoms with Crippen molar-refractivity contribution in [3.05, 3.63) is 69.6 Å². The first-order valence-corrected chi connectivity index (χ1v) is 9.13. The van der Waals surface area contributed by atoms with Gasteiger partial charge in [-0.15, -0.1) is 0 Å². The highest BCUT2D eigenvalue weighted by atomic mass is 16.6. The van der Waals surface area contributed by atoms with E-state index in [9.17, 15) is 14.4 Å². The van der Waals surface area contributed by atoms with Crippen molar-refractivity contribution in [3.63, 3.8) is 0 Å². The van der Waals surface area contributed by atoms with E-state index in [1.165, 1.54) is 12.1 Å². The van der Waals surface area contributed by atoms with Crippen LogP contribution >= 0.6 is 0 Å². The van der Waals surface area contributed by atoms with Crippen LogP contribution in [0.1, 0.15) is 28.4 Å². The molecule has 1 aromatic heterocycles. The largest absolute Gasteiger partial charge is 0.482 e. The van der Waals surface area contributed by atoms with Crippen LogP contribution in [0.15, 0.2) is 51.7 Å². The lowest BCUT2D eigenvalue weighted by molar-refractivity contribution is -0.136. The van der Waals surface area contributed by atoms with Crippen molar-refractivity contribution in [1.29, 1.82) is 0 Å². The zero-order chi connectivity index (χ0) is 21.0. The predicted octanol–water partition coefficient (Wildman–Crippen LogP) is 3.14. The Kier molecular flexibility index (Phi) is 5.97. The zero-order valence-electron chi connectivity index (χ0n) is 16.4. The SMILES string of the molecule is CCNC(=O)c1cc2ccc(OC(=O)COc3cc(C)cc(C)c3)cc2oc1=O. The first-order valence-electron chi connectivity index (χ1n) is 9.13. The fourth-order valence-electron chi connectivity index (χ4n) is 2.89. The Morgan fingerprint density at radius 1 is 1.00 bits per heavy atom. The van der Waals surface area contributed by atoms with Gasteiger partial charge in [0.15, 0.2) is 6.61 Å². The van der Waals surface area contributed by atoms with Crippen molar-refractivity contribution in [2.24, 2.45) is 0 Å². The van der Waals surface area contributed by atoms with Crippen molar-refractivity contribution >= 4 is 22.8 Å². The second-order valence-corrected chi connectivity index (χ2v) is 6.59. The van der Waals surface area contributed by atoms with Crippen LogP contribution in [-0.4, -0.2) is 25.0 Å². The second-order valence-electron chi connectivity index (χ2n) is 6.59. The summed E-state index contributed by atoms with van der Waals surface area (Å²) in [5.41, 5.74) is 1.44. The first-order chi connectivity index (χ1) is 13.9. The summed E-state index contributed by atoms with van der Waals surface area (Å²) in [5.74, 6) is -0.297. The molecule has 29 heavy (non-hydrogen) atoms. The Labute approximate surface area is 167 Å². The van der Waals surface area contributed by atoms with E-state index in [4.69, 9.17) is 13.9 Å². The number of carbonyl (C=O) groups is 2. The number of hydrogen-bond acceptors (Lipinski definition) is 6. The average molecular weight is 395 g/mol. The number of rotatable bonds is 6. The highest BCUT2D eigenvalue weighted by Crippen LogP contribution is 2.21. The maximum absolute atomic E-state index is 12.1. The monoisotopic (exact) mass is 395 g/mol. The van der Waals surface area contributed by atoms with Crippen LogP contribution in [-0.2, 0) is 4.79 Å². The van der Waals surface area contributed by atoms with Gasteiger partial charge in [0.25, 0.3) is 5.91 Å². The molecule has 3 aromatic rings. The van der Waals surface area contributed by atoms with Crippen LogP contribution in [0.2, 0.25) is 0 Å².